The summed E-state index contributed by atoms with van der Waals surface area (Å²) >= 11 is 0. The summed E-state index contributed by atoms with van der Waals surface area (Å²) < 4.78 is 0. The molecular formula is C10H9N3O. The Balaban J connectivity index is 2.70. The number of allylic oxidation sites excluding steroid dienone is 1. The van der Waals surface area contributed by atoms with E-state index in [4.69, 9.17) is 0 Å². The number of aromatic amines is 1. The normalized spacial score (nSPS) is 10.3. The van der Waals surface area contributed by atoms with Gasteiger partial charge < -0.3 is 4.98 Å². The van der Waals surface area contributed by atoms with Crippen LogP contribution in [0.5, 0.6) is 0 Å². The molecule has 0 bridgehead atoms. The van der Waals surface area contributed by atoms with Crippen LogP contribution in [0.3, 0.4) is 0 Å². The summed E-state index contributed by atoms with van der Waals surface area (Å²) in [7, 11) is 0. The van der Waals surface area contributed by atoms with E-state index in [-0.39, 0.29) is 5.56 Å². The van der Waals surface area contributed by atoms with E-state index in [9.17, 15) is 4.79 Å². The molecule has 0 amide bonds. The van der Waals surface area contributed by atoms with Crippen molar-refractivity contribution in [1.29, 1.82) is 0 Å². The van der Waals surface area contributed by atoms with Crippen molar-refractivity contribution in [1.82, 2.24) is 15.0 Å². The van der Waals surface area contributed by atoms with Crippen LogP contribution in [-0.2, 0) is 6.42 Å². The first-order valence-corrected chi connectivity index (χ1v) is 4.24. The Morgan fingerprint density at radius 1 is 1.57 bits per heavy atom. The molecule has 2 aromatic heterocycles. The van der Waals surface area contributed by atoms with E-state index in [2.05, 4.69) is 21.5 Å². The minimum Gasteiger partial charge on any atom is -0.306 e. The largest absolute Gasteiger partial charge is 0.306 e. The number of aromatic nitrogens is 3. The molecular weight excluding hydrogens is 178 g/mol. The summed E-state index contributed by atoms with van der Waals surface area (Å²) in [5, 5.41) is 0.837. The smallest absolute Gasteiger partial charge is 0.253 e. The van der Waals surface area contributed by atoms with Crippen LogP contribution >= 0.6 is 0 Å². The van der Waals surface area contributed by atoms with Gasteiger partial charge in [0.05, 0.1) is 0 Å². The van der Waals surface area contributed by atoms with Crippen LogP contribution in [0.1, 0.15) is 5.56 Å². The summed E-state index contributed by atoms with van der Waals surface area (Å²) in [4.78, 5) is 22.0. The number of fused-ring (bicyclic) bond motifs is 1. The summed E-state index contributed by atoms with van der Waals surface area (Å²) in [6.45, 7) is 3.59. The molecule has 14 heavy (non-hydrogen) atoms. The molecule has 0 radical (unpaired) electrons. The number of rotatable bonds is 2. The fourth-order valence-electron chi connectivity index (χ4n) is 1.30. The molecule has 4 nitrogen and oxygen atoms in total. The van der Waals surface area contributed by atoms with Crippen molar-refractivity contribution in [2.45, 2.75) is 6.42 Å². The minimum absolute atomic E-state index is 0.115. The SMILES string of the molecule is C=CCc1cc2cncnc2[nH]c1=O. The highest BCUT2D eigenvalue weighted by Crippen LogP contribution is 2.06. The fourth-order valence-corrected chi connectivity index (χ4v) is 1.30. The lowest BCUT2D eigenvalue weighted by Crippen LogP contribution is -2.12. The van der Waals surface area contributed by atoms with Crippen LogP contribution in [-0.4, -0.2) is 15.0 Å². The monoisotopic (exact) mass is 187 g/mol. The molecule has 70 valence electrons. The third-order valence-electron chi connectivity index (χ3n) is 1.96. The number of hydrogen-bond donors (Lipinski definition) is 1. The van der Waals surface area contributed by atoms with Crippen LogP contribution in [0.4, 0.5) is 0 Å². The maximum Gasteiger partial charge on any atom is 0.253 e. The van der Waals surface area contributed by atoms with E-state index < -0.39 is 0 Å². The van der Waals surface area contributed by atoms with Crippen LogP contribution in [0.25, 0.3) is 11.0 Å². The van der Waals surface area contributed by atoms with Gasteiger partial charge in [-0.1, -0.05) is 6.08 Å². The van der Waals surface area contributed by atoms with Crippen LogP contribution in [0.2, 0.25) is 0 Å². The average Bonchev–Trinajstić information content (AvgIpc) is 2.19. The first-order chi connectivity index (χ1) is 6.81. The first kappa shape index (κ1) is 8.62. The lowest BCUT2D eigenvalue weighted by molar-refractivity contribution is 1.11. The Bertz CT molecular complexity index is 530. The van der Waals surface area contributed by atoms with Gasteiger partial charge in [-0.2, -0.15) is 0 Å². The molecule has 0 unspecified atom stereocenters. The highest BCUT2D eigenvalue weighted by Gasteiger charge is 2.01. The van der Waals surface area contributed by atoms with Crippen LogP contribution < -0.4 is 5.56 Å². The standard InChI is InChI=1S/C10H9N3O/c1-2-3-7-4-8-5-11-6-12-9(8)13-10(7)14/h2,4-6H,1,3H2,(H,11,12,13,14). The molecule has 4 heteroatoms. The van der Waals surface area contributed by atoms with Crippen molar-refractivity contribution >= 4 is 11.0 Å². The summed E-state index contributed by atoms with van der Waals surface area (Å²) in [6.07, 6.45) is 5.33. The zero-order valence-electron chi connectivity index (χ0n) is 7.53. The van der Waals surface area contributed by atoms with E-state index in [0.717, 1.165) is 5.39 Å². The first-order valence-electron chi connectivity index (χ1n) is 4.24. The molecule has 2 heterocycles. The van der Waals surface area contributed by atoms with Gasteiger partial charge in [0.25, 0.3) is 5.56 Å². The van der Waals surface area contributed by atoms with Gasteiger partial charge in [0.15, 0.2) is 0 Å². The van der Waals surface area contributed by atoms with Gasteiger partial charge in [-0.15, -0.1) is 6.58 Å². The van der Waals surface area contributed by atoms with Crippen molar-refractivity contribution in [2.24, 2.45) is 0 Å². The van der Waals surface area contributed by atoms with Crippen molar-refractivity contribution in [3.05, 3.63) is 47.2 Å². The maximum atomic E-state index is 11.5. The Labute approximate surface area is 80.3 Å². The quantitative estimate of drug-likeness (QED) is 0.715. The highest BCUT2D eigenvalue weighted by molar-refractivity contribution is 5.73. The zero-order chi connectivity index (χ0) is 9.97. The van der Waals surface area contributed by atoms with Crippen molar-refractivity contribution in [3.63, 3.8) is 0 Å². The minimum atomic E-state index is -0.115. The van der Waals surface area contributed by atoms with Gasteiger partial charge in [-0.3, -0.25) is 4.79 Å². The third-order valence-corrected chi connectivity index (χ3v) is 1.96. The van der Waals surface area contributed by atoms with E-state index in [1.54, 1.807) is 18.3 Å². The zero-order valence-corrected chi connectivity index (χ0v) is 7.53. The Kier molecular flexibility index (Phi) is 2.10. The second kappa shape index (κ2) is 3.41. The molecule has 2 rings (SSSR count). The predicted molar refractivity (Wildman–Crippen MR) is 54.1 cm³/mol. The molecule has 1 N–H and O–H groups in total. The lowest BCUT2D eigenvalue weighted by atomic mass is 10.2. The number of nitrogens with zero attached hydrogens (tertiary/aromatic N) is 2. The fraction of sp³-hybridized carbons (Fsp3) is 0.100. The molecule has 0 aliphatic rings. The summed E-state index contributed by atoms with van der Waals surface area (Å²) in [5.41, 5.74) is 1.14. The van der Waals surface area contributed by atoms with Crippen LogP contribution in [0, 0.1) is 0 Å². The van der Waals surface area contributed by atoms with Gasteiger partial charge >= 0.3 is 0 Å². The summed E-state index contributed by atoms with van der Waals surface area (Å²) in [5.74, 6) is 0. The van der Waals surface area contributed by atoms with E-state index in [0.29, 0.717) is 17.6 Å². The number of pyridine rings is 1. The topological polar surface area (TPSA) is 58.6 Å². The molecule has 0 aromatic carbocycles. The van der Waals surface area contributed by atoms with Gasteiger partial charge in [-0.25, -0.2) is 9.97 Å². The van der Waals surface area contributed by atoms with Gasteiger partial charge in [0.2, 0.25) is 0 Å². The molecule has 0 aliphatic carbocycles. The predicted octanol–water partition coefficient (Wildman–Crippen LogP) is 1.05. The molecule has 0 fully saturated rings. The molecule has 0 spiro atoms. The number of hydrogen-bond acceptors (Lipinski definition) is 3. The Morgan fingerprint density at radius 2 is 2.43 bits per heavy atom. The van der Waals surface area contributed by atoms with E-state index in [1.807, 2.05) is 0 Å². The second-order valence-electron chi connectivity index (χ2n) is 2.94. The summed E-state index contributed by atoms with van der Waals surface area (Å²) in [6, 6.07) is 1.79. The van der Waals surface area contributed by atoms with Gasteiger partial charge in [-0.05, 0) is 12.5 Å². The van der Waals surface area contributed by atoms with Gasteiger partial charge in [0.1, 0.15) is 12.0 Å². The molecule has 0 saturated carbocycles. The number of nitrogens with one attached hydrogen (secondary N) is 1. The van der Waals surface area contributed by atoms with E-state index >= 15 is 0 Å². The second-order valence-corrected chi connectivity index (χ2v) is 2.94. The molecule has 2 aromatic rings. The van der Waals surface area contributed by atoms with E-state index in [1.165, 1.54) is 6.33 Å². The van der Waals surface area contributed by atoms with Crippen molar-refractivity contribution < 1.29 is 0 Å². The van der Waals surface area contributed by atoms with Crippen LogP contribution in [0.15, 0.2) is 36.0 Å². The highest BCUT2D eigenvalue weighted by atomic mass is 16.1. The molecule has 0 saturated heterocycles. The number of H-pyrrole nitrogens is 1. The average molecular weight is 187 g/mol. The lowest BCUT2D eigenvalue weighted by Gasteiger charge is -1.98. The van der Waals surface area contributed by atoms with Crippen molar-refractivity contribution in [2.75, 3.05) is 0 Å². The van der Waals surface area contributed by atoms with Gasteiger partial charge in [0, 0.05) is 17.1 Å². The Hall–Kier alpha value is -1.97. The Morgan fingerprint density at radius 3 is 3.21 bits per heavy atom. The maximum absolute atomic E-state index is 11.5. The third kappa shape index (κ3) is 1.42. The molecule has 0 atom stereocenters. The molecule has 0 aliphatic heterocycles. The van der Waals surface area contributed by atoms with Crippen molar-refractivity contribution in [3.8, 4) is 0 Å².